The van der Waals surface area contributed by atoms with Crippen LogP contribution in [0.4, 0.5) is 0 Å². The van der Waals surface area contributed by atoms with E-state index in [1.54, 1.807) is 11.9 Å². The predicted molar refractivity (Wildman–Crippen MR) is 81.8 cm³/mol. The summed E-state index contributed by atoms with van der Waals surface area (Å²) in [5, 5.41) is 12.0. The molecule has 20 heavy (non-hydrogen) atoms. The van der Waals surface area contributed by atoms with E-state index < -0.39 is 6.10 Å². The molecule has 1 amide bonds. The standard InChI is InChI=1S/C16H19NO2S/c1-12-5-3-6-13(9-12)10-16(19)17(2)11-14(18)15-7-4-8-20-15/h3-9,14,18H,10-11H2,1-2H3. The molecular formula is C16H19NO2S. The molecule has 1 unspecified atom stereocenters. The maximum Gasteiger partial charge on any atom is 0.226 e. The van der Waals surface area contributed by atoms with Gasteiger partial charge in [0.1, 0.15) is 6.10 Å². The maximum absolute atomic E-state index is 12.1. The van der Waals surface area contributed by atoms with Gasteiger partial charge in [0, 0.05) is 11.9 Å². The monoisotopic (exact) mass is 289 g/mol. The molecule has 0 bridgehead atoms. The Balaban J connectivity index is 1.92. The summed E-state index contributed by atoms with van der Waals surface area (Å²) in [7, 11) is 1.73. The SMILES string of the molecule is Cc1cccc(CC(=O)N(C)CC(O)c2cccs2)c1. The topological polar surface area (TPSA) is 40.5 Å². The number of amides is 1. The fraction of sp³-hybridized carbons (Fsp3) is 0.312. The molecule has 0 aliphatic carbocycles. The number of thiophene rings is 1. The molecule has 1 atom stereocenters. The summed E-state index contributed by atoms with van der Waals surface area (Å²) in [6.07, 6.45) is -0.239. The molecule has 1 N–H and O–H groups in total. The minimum Gasteiger partial charge on any atom is -0.386 e. The van der Waals surface area contributed by atoms with E-state index >= 15 is 0 Å². The Morgan fingerprint density at radius 2 is 2.15 bits per heavy atom. The first kappa shape index (κ1) is 14.8. The smallest absolute Gasteiger partial charge is 0.226 e. The van der Waals surface area contributed by atoms with Crippen LogP contribution in [0.3, 0.4) is 0 Å². The Hall–Kier alpha value is -1.65. The average Bonchev–Trinajstić information content (AvgIpc) is 2.92. The van der Waals surface area contributed by atoms with Crippen LogP contribution in [-0.2, 0) is 11.2 Å². The van der Waals surface area contributed by atoms with E-state index in [4.69, 9.17) is 0 Å². The summed E-state index contributed by atoms with van der Waals surface area (Å²) in [6, 6.07) is 11.7. The van der Waals surface area contributed by atoms with Crippen molar-refractivity contribution in [3.05, 3.63) is 57.8 Å². The van der Waals surface area contributed by atoms with Gasteiger partial charge in [-0.3, -0.25) is 4.79 Å². The molecule has 0 fully saturated rings. The summed E-state index contributed by atoms with van der Waals surface area (Å²) in [4.78, 5) is 14.6. The number of hydrogen-bond donors (Lipinski definition) is 1. The first-order valence-corrected chi connectivity index (χ1v) is 7.45. The summed E-state index contributed by atoms with van der Waals surface area (Å²) in [6.45, 7) is 2.34. The van der Waals surface area contributed by atoms with Crippen LogP contribution < -0.4 is 0 Å². The van der Waals surface area contributed by atoms with Crippen molar-refractivity contribution in [2.45, 2.75) is 19.4 Å². The van der Waals surface area contributed by atoms with Crippen LogP contribution in [0.2, 0.25) is 0 Å². The molecule has 3 nitrogen and oxygen atoms in total. The molecule has 1 aromatic carbocycles. The van der Waals surface area contributed by atoms with E-state index in [2.05, 4.69) is 0 Å². The van der Waals surface area contributed by atoms with E-state index in [0.717, 1.165) is 16.0 Å². The fourth-order valence-corrected chi connectivity index (χ4v) is 2.77. The average molecular weight is 289 g/mol. The number of likely N-dealkylation sites (N-methyl/N-ethyl adjacent to an activating group) is 1. The molecule has 0 aliphatic rings. The minimum absolute atomic E-state index is 0.0196. The Labute approximate surface area is 123 Å². The molecule has 4 heteroatoms. The molecule has 0 spiro atoms. The number of nitrogens with zero attached hydrogens (tertiary/aromatic N) is 1. The van der Waals surface area contributed by atoms with Crippen LogP contribution in [0.25, 0.3) is 0 Å². The quantitative estimate of drug-likeness (QED) is 0.919. The second-order valence-corrected chi connectivity index (χ2v) is 5.95. The van der Waals surface area contributed by atoms with Gasteiger partial charge in [0.05, 0.1) is 13.0 Å². The van der Waals surface area contributed by atoms with Gasteiger partial charge in [-0.05, 0) is 23.9 Å². The fourth-order valence-electron chi connectivity index (χ4n) is 2.06. The lowest BCUT2D eigenvalue weighted by Crippen LogP contribution is -2.32. The number of carbonyl (C=O) groups is 1. The van der Waals surface area contributed by atoms with Gasteiger partial charge in [-0.25, -0.2) is 0 Å². The maximum atomic E-state index is 12.1. The van der Waals surface area contributed by atoms with Crippen LogP contribution in [0.1, 0.15) is 22.1 Å². The number of benzene rings is 1. The van der Waals surface area contributed by atoms with Gasteiger partial charge < -0.3 is 10.0 Å². The van der Waals surface area contributed by atoms with Crippen LogP contribution in [0.5, 0.6) is 0 Å². The Morgan fingerprint density at radius 3 is 2.80 bits per heavy atom. The van der Waals surface area contributed by atoms with Crippen LogP contribution in [0, 0.1) is 6.92 Å². The third kappa shape index (κ3) is 3.92. The lowest BCUT2D eigenvalue weighted by Gasteiger charge is -2.20. The Kier molecular flexibility index (Phi) is 4.93. The van der Waals surface area contributed by atoms with E-state index in [1.807, 2.05) is 48.7 Å². The van der Waals surface area contributed by atoms with Crippen molar-refractivity contribution < 1.29 is 9.90 Å². The zero-order valence-electron chi connectivity index (χ0n) is 11.7. The molecule has 0 saturated heterocycles. The number of aliphatic hydroxyl groups is 1. The Morgan fingerprint density at radius 1 is 1.35 bits per heavy atom. The van der Waals surface area contributed by atoms with E-state index in [9.17, 15) is 9.90 Å². The van der Waals surface area contributed by atoms with E-state index in [-0.39, 0.29) is 5.91 Å². The molecule has 0 radical (unpaired) electrons. The summed E-state index contributed by atoms with van der Waals surface area (Å²) >= 11 is 1.50. The lowest BCUT2D eigenvalue weighted by molar-refractivity contribution is -0.130. The van der Waals surface area contributed by atoms with Crippen molar-refractivity contribution in [1.82, 2.24) is 4.90 Å². The molecule has 0 aliphatic heterocycles. The highest BCUT2D eigenvalue weighted by Gasteiger charge is 2.16. The Bertz CT molecular complexity index is 566. The van der Waals surface area contributed by atoms with Crippen molar-refractivity contribution in [2.24, 2.45) is 0 Å². The van der Waals surface area contributed by atoms with Crippen LogP contribution in [-0.4, -0.2) is 29.5 Å². The van der Waals surface area contributed by atoms with Crippen molar-refractivity contribution in [2.75, 3.05) is 13.6 Å². The first-order valence-electron chi connectivity index (χ1n) is 6.57. The van der Waals surface area contributed by atoms with Crippen molar-refractivity contribution in [3.63, 3.8) is 0 Å². The van der Waals surface area contributed by atoms with Crippen LogP contribution in [0.15, 0.2) is 41.8 Å². The summed E-state index contributed by atoms with van der Waals surface area (Å²) in [5.41, 5.74) is 2.16. The summed E-state index contributed by atoms with van der Waals surface area (Å²) < 4.78 is 0. The second-order valence-electron chi connectivity index (χ2n) is 4.97. The van der Waals surface area contributed by atoms with Gasteiger partial charge in [0.2, 0.25) is 5.91 Å². The van der Waals surface area contributed by atoms with Crippen LogP contribution >= 0.6 is 11.3 Å². The van der Waals surface area contributed by atoms with Gasteiger partial charge in [-0.15, -0.1) is 11.3 Å². The number of aliphatic hydroxyl groups excluding tert-OH is 1. The number of aryl methyl sites for hydroxylation is 1. The molecule has 1 aromatic heterocycles. The normalized spacial score (nSPS) is 12.2. The highest BCUT2D eigenvalue weighted by atomic mass is 32.1. The largest absolute Gasteiger partial charge is 0.386 e. The summed E-state index contributed by atoms with van der Waals surface area (Å²) in [5.74, 6) is 0.0196. The third-order valence-electron chi connectivity index (χ3n) is 3.18. The van der Waals surface area contributed by atoms with Crippen molar-refractivity contribution >= 4 is 17.2 Å². The van der Waals surface area contributed by atoms with Crippen molar-refractivity contribution in [3.8, 4) is 0 Å². The second kappa shape index (κ2) is 6.68. The molecular weight excluding hydrogens is 270 g/mol. The highest BCUT2D eigenvalue weighted by Crippen LogP contribution is 2.19. The third-order valence-corrected chi connectivity index (χ3v) is 4.16. The molecule has 106 valence electrons. The lowest BCUT2D eigenvalue weighted by atomic mass is 10.1. The number of rotatable bonds is 5. The molecule has 2 aromatic rings. The first-order chi connectivity index (χ1) is 9.56. The highest BCUT2D eigenvalue weighted by molar-refractivity contribution is 7.10. The molecule has 2 rings (SSSR count). The van der Waals surface area contributed by atoms with Gasteiger partial charge >= 0.3 is 0 Å². The predicted octanol–water partition coefficient (Wildman–Crippen LogP) is 2.79. The van der Waals surface area contributed by atoms with E-state index in [1.165, 1.54) is 11.3 Å². The number of hydrogen-bond acceptors (Lipinski definition) is 3. The van der Waals surface area contributed by atoms with E-state index in [0.29, 0.717) is 13.0 Å². The molecule has 0 saturated carbocycles. The van der Waals surface area contributed by atoms with Gasteiger partial charge in [-0.1, -0.05) is 35.9 Å². The van der Waals surface area contributed by atoms with Crippen molar-refractivity contribution in [1.29, 1.82) is 0 Å². The zero-order chi connectivity index (χ0) is 14.5. The zero-order valence-corrected chi connectivity index (χ0v) is 12.6. The van der Waals surface area contributed by atoms with Gasteiger partial charge in [-0.2, -0.15) is 0 Å². The van der Waals surface area contributed by atoms with Gasteiger partial charge in [0.15, 0.2) is 0 Å². The van der Waals surface area contributed by atoms with Gasteiger partial charge in [0.25, 0.3) is 0 Å². The minimum atomic E-state index is -0.610. The molecule has 1 heterocycles. The number of carbonyl (C=O) groups excluding carboxylic acids is 1.